The van der Waals surface area contributed by atoms with E-state index in [4.69, 9.17) is 0 Å². The number of hydrogen-bond donors (Lipinski definition) is 3. The summed E-state index contributed by atoms with van der Waals surface area (Å²) < 4.78 is 13.7. The van der Waals surface area contributed by atoms with Crippen molar-refractivity contribution in [1.29, 1.82) is 0 Å². The predicted molar refractivity (Wildman–Crippen MR) is 104 cm³/mol. The van der Waals surface area contributed by atoms with Gasteiger partial charge in [-0.3, -0.25) is 15.2 Å². The standard InChI is InChI=1S/C19H18FN5O2S/c20-15-9-5-4-8-14(15)17-23-19(25-24-17)28-11-10-16(26)22-18(27)21-12-13-6-2-1-3-7-13/h1-9H,10-12H2,(H,23,24,25)(H2,21,22,26,27). The van der Waals surface area contributed by atoms with Gasteiger partial charge in [0, 0.05) is 18.7 Å². The first-order valence-corrected chi connectivity index (χ1v) is 9.52. The second-order valence-electron chi connectivity index (χ2n) is 5.76. The molecule has 0 aliphatic heterocycles. The van der Waals surface area contributed by atoms with Gasteiger partial charge in [-0.1, -0.05) is 54.2 Å². The predicted octanol–water partition coefficient (Wildman–Crippen LogP) is 3.12. The van der Waals surface area contributed by atoms with Crippen LogP contribution in [-0.2, 0) is 11.3 Å². The maximum atomic E-state index is 13.7. The van der Waals surface area contributed by atoms with Crippen LogP contribution in [0.5, 0.6) is 0 Å². The van der Waals surface area contributed by atoms with Crippen LogP contribution in [0.2, 0.25) is 0 Å². The van der Waals surface area contributed by atoms with E-state index in [1.807, 2.05) is 30.3 Å². The van der Waals surface area contributed by atoms with Gasteiger partial charge in [-0.15, -0.1) is 5.10 Å². The normalized spacial score (nSPS) is 10.5. The average Bonchev–Trinajstić information content (AvgIpc) is 3.16. The molecule has 1 aromatic heterocycles. The first kappa shape index (κ1) is 19.6. The summed E-state index contributed by atoms with van der Waals surface area (Å²) in [5, 5.41) is 12.0. The summed E-state index contributed by atoms with van der Waals surface area (Å²) in [6.45, 7) is 0.338. The van der Waals surface area contributed by atoms with Crippen molar-refractivity contribution >= 4 is 23.7 Å². The van der Waals surface area contributed by atoms with Crippen molar-refractivity contribution < 1.29 is 14.0 Å². The summed E-state index contributed by atoms with van der Waals surface area (Å²) in [5.74, 6) is -0.0869. The molecule has 0 fully saturated rings. The Kier molecular flexibility index (Phi) is 6.74. The van der Waals surface area contributed by atoms with Gasteiger partial charge in [0.25, 0.3) is 0 Å². The number of carbonyl (C=O) groups is 2. The van der Waals surface area contributed by atoms with Crippen LogP contribution in [0.15, 0.2) is 59.8 Å². The number of nitrogens with zero attached hydrogens (tertiary/aromatic N) is 2. The number of nitrogens with one attached hydrogen (secondary N) is 3. The third-order valence-corrected chi connectivity index (χ3v) is 4.55. The van der Waals surface area contributed by atoms with Gasteiger partial charge in [0.1, 0.15) is 5.82 Å². The Bertz CT molecular complexity index is 948. The average molecular weight is 399 g/mol. The van der Waals surface area contributed by atoms with E-state index in [0.29, 0.717) is 28.8 Å². The van der Waals surface area contributed by atoms with Gasteiger partial charge in [-0.2, -0.15) is 0 Å². The van der Waals surface area contributed by atoms with Gasteiger partial charge >= 0.3 is 6.03 Å². The van der Waals surface area contributed by atoms with E-state index in [2.05, 4.69) is 25.8 Å². The quantitative estimate of drug-likeness (QED) is 0.530. The number of H-pyrrole nitrogens is 1. The van der Waals surface area contributed by atoms with Gasteiger partial charge in [0.2, 0.25) is 11.1 Å². The first-order valence-electron chi connectivity index (χ1n) is 8.53. The van der Waals surface area contributed by atoms with Gasteiger partial charge < -0.3 is 5.32 Å². The molecule has 0 atom stereocenters. The number of urea groups is 1. The molecule has 0 unspecified atom stereocenters. The molecule has 2 aromatic carbocycles. The molecule has 0 aliphatic rings. The molecule has 3 N–H and O–H groups in total. The lowest BCUT2D eigenvalue weighted by Crippen LogP contribution is -2.39. The highest BCUT2D eigenvalue weighted by Gasteiger charge is 2.12. The summed E-state index contributed by atoms with van der Waals surface area (Å²) in [4.78, 5) is 27.8. The zero-order valence-corrected chi connectivity index (χ0v) is 15.6. The number of aromatic amines is 1. The van der Waals surface area contributed by atoms with Crippen LogP contribution in [0.4, 0.5) is 9.18 Å². The topological polar surface area (TPSA) is 99.8 Å². The fourth-order valence-corrected chi connectivity index (χ4v) is 3.07. The first-order chi connectivity index (χ1) is 13.6. The zero-order valence-electron chi connectivity index (χ0n) is 14.8. The Morgan fingerprint density at radius 2 is 1.82 bits per heavy atom. The monoisotopic (exact) mass is 399 g/mol. The number of imide groups is 1. The Labute approximate surface area is 165 Å². The number of benzene rings is 2. The number of carbonyl (C=O) groups excluding carboxylic acids is 2. The van der Waals surface area contributed by atoms with Crippen molar-refractivity contribution in [3.63, 3.8) is 0 Å². The molecule has 0 radical (unpaired) electrons. The number of thioether (sulfide) groups is 1. The molecule has 144 valence electrons. The molecule has 3 aromatic rings. The third kappa shape index (κ3) is 5.65. The van der Waals surface area contributed by atoms with Crippen LogP contribution in [0.25, 0.3) is 11.4 Å². The second kappa shape index (κ2) is 9.65. The zero-order chi connectivity index (χ0) is 19.8. The summed E-state index contributed by atoms with van der Waals surface area (Å²) in [6.07, 6.45) is 0.118. The molecule has 0 saturated heterocycles. The van der Waals surface area contributed by atoms with Crippen molar-refractivity contribution in [2.24, 2.45) is 0 Å². The molecule has 0 aliphatic carbocycles. The fraction of sp³-hybridized carbons (Fsp3) is 0.158. The molecule has 0 spiro atoms. The molecule has 1 heterocycles. The molecule has 28 heavy (non-hydrogen) atoms. The molecular weight excluding hydrogens is 381 g/mol. The number of hydrogen-bond acceptors (Lipinski definition) is 5. The SMILES string of the molecule is O=C(CCSc1n[nH]c(-c2ccccc2F)n1)NC(=O)NCc1ccccc1. The van der Waals surface area contributed by atoms with E-state index in [0.717, 1.165) is 5.56 Å². The fourth-order valence-electron chi connectivity index (χ4n) is 2.33. The number of aromatic nitrogens is 3. The molecule has 7 nitrogen and oxygen atoms in total. The van der Waals surface area contributed by atoms with Crippen LogP contribution in [-0.4, -0.2) is 32.9 Å². The summed E-state index contributed by atoms with van der Waals surface area (Å²) in [6, 6.07) is 15.1. The van der Waals surface area contributed by atoms with Gasteiger partial charge in [0.15, 0.2) is 5.82 Å². The van der Waals surface area contributed by atoms with Gasteiger partial charge in [-0.05, 0) is 17.7 Å². The molecule has 9 heteroatoms. The van der Waals surface area contributed by atoms with Crippen molar-refractivity contribution in [3.05, 3.63) is 66.0 Å². The van der Waals surface area contributed by atoms with E-state index in [1.165, 1.54) is 17.8 Å². The lowest BCUT2D eigenvalue weighted by molar-refractivity contribution is -0.119. The Balaban J connectivity index is 1.39. The minimum atomic E-state index is -0.543. The number of amides is 3. The molecular formula is C19H18FN5O2S. The highest BCUT2D eigenvalue weighted by Crippen LogP contribution is 2.21. The highest BCUT2D eigenvalue weighted by atomic mass is 32.2. The third-order valence-electron chi connectivity index (χ3n) is 3.70. The van der Waals surface area contributed by atoms with Crippen LogP contribution in [0.3, 0.4) is 0 Å². The lowest BCUT2D eigenvalue weighted by atomic mass is 10.2. The van der Waals surface area contributed by atoms with Crippen LogP contribution >= 0.6 is 11.8 Å². The molecule has 3 amide bonds. The summed E-state index contributed by atoms with van der Waals surface area (Å²) in [7, 11) is 0. The minimum Gasteiger partial charge on any atom is -0.334 e. The summed E-state index contributed by atoms with van der Waals surface area (Å²) >= 11 is 1.24. The maximum Gasteiger partial charge on any atom is 0.321 e. The van der Waals surface area contributed by atoms with E-state index < -0.39 is 17.8 Å². The van der Waals surface area contributed by atoms with E-state index in [9.17, 15) is 14.0 Å². The van der Waals surface area contributed by atoms with Crippen molar-refractivity contribution in [2.45, 2.75) is 18.1 Å². The second-order valence-corrected chi connectivity index (χ2v) is 6.82. The summed E-state index contributed by atoms with van der Waals surface area (Å²) in [5.41, 5.74) is 1.27. The Hall–Kier alpha value is -3.20. The smallest absolute Gasteiger partial charge is 0.321 e. The molecule has 0 bridgehead atoms. The van der Waals surface area contributed by atoms with Gasteiger partial charge in [0.05, 0.1) is 5.56 Å². The van der Waals surface area contributed by atoms with Crippen LogP contribution in [0, 0.1) is 5.82 Å². The largest absolute Gasteiger partial charge is 0.334 e. The minimum absolute atomic E-state index is 0.118. The lowest BCUT2D eigenvalue weighted by Gasteiger charge is -2.06. The van der Waals surface area contributed by atoms with Crippen molar-refractivity contribution in [2.75, 3.05) is 5.75 Å². The molecule has 3 rings (SSSR count). The Morgan fingerprint density at radius 3 is 2.61 bits per heavy atom. The number of rotatable bonds is 7. The highest BCUT2D eigenvalue weighted by molar-refractivity contribution is 7.99. The van der Waals surface area contributed by atoms with Crippen LogP contribution < -0.4 is 10.6 Å². The van der Waals surface area contributed by atoms with Gasteiger partial charge in [-0.25, -0.2) is 14.2 Å². The number of halogens is 1. The Morgan fingerprint density at radius 1 is 1.07 bits per heavy atom. The van der Waals surface area contributed by atoms with E-state index in [-0.39, 0.29) is 6.42 Å². The van der Waals surface area contributed by atoms with Crippen LogP contribution in [0.1, 0.15) is 12.0 Å². The maximum absolute atomic E-state index is 13.7. The van der Waals surface area contributed by atoms with Crippen molar-refractivity contribution in [3.8, 4) is 11.4 Å². The van der Waals surface area contributed by atoms with E-state index in [1.54, 1.807) is 18.2 Å². The van der Waals surface area contributed by atoms with Crippen molar-refractivity contribution in [1.82, 2.24) is 25.8 Å². The van der Waals surface area contributed by atoms with E-state index >= 15 is 0 Å². The molecule has 0 saturated carbocycles.